The maximum atomic E-state index is 12.9. The highest BCUT2D eigenvalue weighted by molar-refractivity contribution is 7.89. The summed E-state index contributed by atoms with van der Waals surface area (Å²) in [5.74, 6) is 0.169. The fourth-order valence-corrected chi connectivity index (χ4v) is 4.84. The van der Waals surface area contributed by atoms with Gasteiger partial charge < -0.3 is 14.4 Å². The number of nitrogens with zero attached hydrogens (tertiary/aromatic N) is 2. The largest absolute Gasteiger partial charge is 0.495 e. The van der Waals surface area contributed by atoms with Gasteiger partial charge >= 0.3 is 0 Å². The van der Waals surface area contributed by atoms with Crippen LogP contribution in [0.1, 0.15) is 10.4 Å². The second-order valence-electron chi connectivity index (χ2n) is 6.61. The summed E-state index contributed by atoms with van der Waals surface area (Å²) >= 11 is 5.95. The molecule has 154 valence electrons. The van der Waals surface area contributed by atoms with Crippen molar-refractivity contribution in [3.63, 3.8) is 0 Å². The number of likely N-dealkylation sites (N-methyl/N-ethyl adjacent to an activating group) is 1. The number of halogens is 1. The van der Waals surface area contributed by atoms with Gasteiger partial charge in [0.2, 0.25) is 10.0 Å². The first-order valence-electron chi connectivity index (χ1n) is 8.79. The number of carbonyl (C=O) groups is 1. The number of para-hydroxylation sites is 1. The molecule has 0 spiro atoms. The number of aldehydes is 1. The van der Waals surface area contributed by atoms with E-state index < -0.39 is 16.1 Å². The Hall–Kier alpha value is -2.39. The number of aliphatic hydroxyl groups excluding tert-OH is 1. The van der Waals surface area contributed by atoms with E-state index in [0.29, 0.717) is 5.56 Å². The quantitative estimate of drug-likeness (QED) is 0.548. The molecule has 3 rings (SSSR count). The molecule has 7 nitrogen and oxygen atoms in total. The van der Waals surface area contributed by atoms with Crippen LogP contribution in [-0.2, 0) is 16.6 Å². The zero-order chi connectivity index (χ0) is 21.2. The van der Waals surface area contributed by atoms with Crippen LogP contribution in [0.4, 0.5) is 0 Å². The van der Waals surface area contributed by atoms with Crippen molar-refractivity contribution in [3.05, 3.63) is 59.2 Å². The van der Waals surface area contributed by atoms with Crippen molar-refractivity contribution >= 4 is 38.8 Å². The van der Waals surface area contributed by atoms with Crippen molar-refractivity contribution in [2.24, 2.45) is 0 Å². The summed E-state index contributed by atoms with van der Waals surface area (Å²) in [7, 11) is -1.18. The summed E-state index contributed by atoms with van der Waals surface area (Å²) in [4.78, 5) is 11.2. The molecule has 1 atom stereocenters. The second kappa shape index (κ2) is 8.54. The number of rotatable bonds is 8. The molecule has 1 heterocycles. The number of hydrogen-bond donors (Lipinski definition) is 1. The van der Waals surface area contributed by atoms with Crippen LogP contribution in [0.25, 0.3) is 10.9 Å². The Labute approximate surface area is 174 Å². The van der Waals surface area contributed by atoms with Gasteiger partial charge in [-0.2, -0.15) is 4.31 Å². The summed E-state index contributed by atoms with van der Waals surface area (Å²) in [5, 5.41) is 11.6. The number of benzene rings is 2. The molecule has 0 fully saturated rings. The Bertz CT molecular complexity index is 1140. The predicted octanol–water partition coefficient (Wildman–Crippen LogP) is 2.80. The van der Waals surface area contributed by atoms with Gasteiger partial charge in [-0.15, -0.1) is 0 Å². The van der Waals surface area contributed by atoms with E-state index in [-0.39, 0.29) is 28.8 Å². The van der Waals surface area contributed by atoms with E-state index in [1.165, 1.54) is 32.4 Å². The van der Waals surface area contributed by atoms with Crippen LogP contribution in [0.3, 0.4) is 0 Å². The summed E-state index contributed by atoms with van der Waals surface area (Å²) in [6.07, 6.45) is 1.40. The van der Waals surface area contributed by atoms with Gasteiger partial charge in [-0.05, 0) is 24.3 Å². The Balaban J connectivity index is 1.82. The van der Waals surface area contributed by atoms with Crippen molar-refractivity contribution in [2.75, 3.05) is 20.7 Å². The van der Waals surface area contributed by atoms with Crippen LogP contribution < -0.4 is 4.74 Å². The lowest BCUT2D eigenvalue weighted by molar-refractivity contribution is 0.112. The lowest BCUT2D eigenvalue weighted by Crippen LogP contribution is -2.36. The molecule has 1 aromatic heterocycles. The fourth-order valence-electron chi connectivity index (χ4n) is 3.22. The molecule has 0 aliphatic rings. The first-order valence-corrected chi connectivity index (χ1v) is 10.6. The number of aliphatic hydroxyl groups is 1. The van der Waals surface area contributed by atoms with Crippen LogP contribution in [-0.4, -0.2) is 55.5 Å². The zero-order valence-electron chi connectivity index (χ0n) is 15.9. The summed E-state index contributed by atoms with van der Waals surface area (Å²) in [6.45, 7) is -0.0260. The minimum Gasteiger partial charge on any atom is -0.495 e. The van der Waals surface area contributed by atoms with Crippen molar-refractivity contribution in [3.8, 4) is 5.75 Å². The van der Waals surface area contributed by atoms with Crippen LogP contribution in [0.2, 0.25) is 5.02 Å². The molecule has 0 aliphatic carbocycles. The van der Waals surface area contributed by atoms with Crippen LogP contribution >= 0.6 is 11.6 Å². The van der Waals surface area contributed by atoms with Crippen molar-refractivity contribution in [1.82, 2.24) is 8.87 Å². The lowest BCUT2D eigenvalue weighted by atomic mass is 10.2. The standard InChI is InChI=1S/C20H21ClN2O5S/c1-22(29(26,27)20-9-15(21)7-8-19(20)28-2)11-16(25)12-23-10-14(13-24)17-5-3-4-6-18(17)23/h3-10,13,16,25H,11-12H2,1-2H3. The van der Waals surface area contributed by atoms with Gasteiger partial charge in [0.1, 0.15) is 10.6 Å². The van der Waals surface area contributed by atoms with E-state index in [1.54, 1.807) is 10.8 Å². The number of sulfonamides is 1. The van der Waals surface area contributed by atoms with E-state index >= 15 is 0 Å². The van der Waals surface area contributed by atoms with Crippen molar-refractivity contribution in [1.29, 1.82) is 0 Å². The van der Waals surface area contributed by atoms with Crippen LogP contribution in [0.15, 0.2) is 53.6 Å². The third-order valence-electron chi connectivity index (χ3n) is 4.64. The highest BCUT2D eigenvalue weighted by atomic mass is 35.5. The number of fused-ring (bicyclic) bond motifs is 1. The molecule has 0 saturated carbocycles. The number of carbonyl (C=O) groups excluding carboxylic acids is 1. The van der Waals surface area contributed by atoms with E-state index in [9.17, 15) is 18.3 Å². The predicted molar refractivity (Wildman–Crippen MR) is 111 cm³/mol. The molecule has 0 saturated heterocycles. The van der Waals surface area contributed by atoms with Crippen LogP contribution in [0.5, 0.6) is 5.75 Å². The van der Waals surface area contributed by atoms with Crippen molar-refractivity contribution < 1.29 is 23.1 Å². The molecule has 0 amide bonds. The highest BCUT2D eigenvalue weighted by Crippen LogP contribution is 2.29. The Morgan fingerprint density at radius 3 is 2.69 bits per heavy atom. The van der Waals surface area contributed by atoms with Gasteiger partial charge in [0, 0.05) is 47.8 Å². The van der Waals surface area contributed by atoms with Gasteiger partial charge in [0.15, 0.2) is 6.29 Å². The topological polar surface area (TPSA) is 88.8 Å². The minimum absolute atomic E-state index is 0.0724. The maximum absolute atomic E-state index is 12.9. The van der Waals surface area contributed by atoms with E-state index in [1.807, 2.05) is 24.3 Å². The summed E-state index contributed by atoms with van der Waals surface area (Å²) < 4.78 is 33.8. The minimum atomic E-state index is -3.94. The molecular formula is C20H21ClN2O5S. The van der Waals surface area contributed by atoms with E-state index in [4.69, 9.17) is 16.3 Å². The third-order valence-corrected chi connectivity index (χ3v) is 6.72. The normalized spacial score (nSPS) is 13.0. The first kappa shape index (κ1) is 21.3. The molecule has 1 unspecified atom stereocenters. The molecule has 1 N–H and O–H groups in total. The lowest BCUT2D eigenvalue weighted by Gasteiger charge is -2.22. The van der Waals surface area contributed by atoms with E-state index in [2.05, 4.69) is 0 Å². The third kappa shape index (κ3) is 4.30. The summed E-state index contributed by atoms with van der Waals surface area (Å²) in [6, 6.07) is 11.7. The van der Waals surface area contributed by atoms with Crippen LogP contribution in [0, 0.1) is 0 Å². The molecule has 0 radical (unpaired) electrons. The SMILES string of the molecule is COc1ccc(Cl)cc1S(=O)(=O)N(C)CC(O)Cn1cc(C=O)c2ccccc21. The Morgan fingerprint density at radius 1 is 1.28 bits per heavy atom. The molecule has 2 aromatic carbocycles. The van der Waals surface area contributed by atoms with Gasteiger partial charge in [0.25, 0.3) is 0 Å². The van der Waals surface area contributed by atoms with E-state index in [0.717, 1.165) is 21.5 Å². The average Bonchev–Trinajstić information content (AvgIpc) is 3.05. The average molecular weight is 437 g/mol. The van der Waals surface area contributed by atoms with Crippen molar-refractivity contribution in [2.45, 2.75) is 17.5 Å². The smallest absolute Gasteiger partial charge is 0.246 e. The molecule has 29 heavy (non-hydrogen) atoms. The van der Waals surface area contributed by atoms with Gasteiger partial charge in [0.05, 0.1) is 13.2 Å². The monoisotopic (exact) mass is 436 g/mol. The molecule has 0 bridgehead atoms. The fraction of sp³-hybridized carbons (Fsp3) is 0.250. The molecule has 9 heteroatoms. The first-order chi connectivity index (χ1) is 13.8. The zero-order valence-corrected chi connectivity index (χ0v) is 17.5. The second-order valence-corrected chi connectivity index (χ2v) is 9.06. The number of aromatic nitrogens is 1. The molecule has 0 aliphatic heterocycles. The molecule has 3 aromatic rings. The highest BCUT2D eigenvalue weighted by Gasteiger charge is 2.27. The summed E-state index contributed by atoms with van der Waals surface area (Å²) in [5.41, 5.74) is 1.30. The Morgan fingerprint density at radius 2 is 2.00 bits per heavy atom. The van der Waals surface area contributed by atoms with Gasteiger partial charge in [-0.3, -0.25) is 4.79 Å². The number of ether oxygens (including phenoxy) is 1. The maximum Gasteiger partial charge on any atom is 0.246 e. The van der Waals surface area contributed by atoms with Gasteiger partial charge in [-0.1, -0.05) is 29.8 Å². The van der Waals surface area contributed by atoms with Gasteiger partial charge in [-0.25, -0.2) is 8.42 Å². The molecular weight excluding hydrogens is 416 g/mol. The Kier molecular flexibility index (Phi) is 6.28. The number of hydrogen-bond acceptors (Lipinski definition) is 5. The number of methoxy groups -OCH3 is 1.